The van der Waals surface area contributed by atoms with E-state index < -0.39 is 0 Å². The number of unbranched alkanes of at least 4 members (excludes halogenated alkanes) is 9. The van der Waals surface area contributed by atoms with Crippen LogP contribution in [0.2, 0.25) is 0 Å². The van der Waals surface area contributed by atoms with E-state index in [2.05, 4.69) is 13.8 Å². The van der Waals surface area contributed by atoms with Crippen LogP contribution >= 0.6 is 0 Å². The number of rotatable bonds is 9. The number of hydrogen-bond acceptors (Lipinski definition) is 1. The van der Waals surface area contributed by atoms with Crippen LogP contribution in [0.5, 0.6) is 0 Å². The zero-order valence-electron chi connectivity index (χ0n) is 9.82. The van der Waals surface area contributed by atoms with Crippen LogP contribution in [0.1, 0.15) is 78.1 Å². The van der Waals surface area contributed by atoms with Crippen LogP contribution in [-0.2, 0) is 35.9 Å². The van der Waals surface area contributed by atoms with Gasteiger partial charge in [0, 0.05) is 0 Å². The third-order valence-corrected chi connectivity index (χ3v) is 2.46. The maximum absolute atomic E-state index is 2.28. The monoisotopic (exact) mass is 400 g/mol. The van der Waals surface area contributed by atoms with E-state index in [0.717, 1.165) is 0 Å². The quantitative estimate of drug-likeness (QED) is 0.235. The molecule has 0 spiro atoms. The van der Waals surface area contributed by atoms with Crippen LogP contribution in [0.3, 0.4) is 0 Å². The summed E-state index contributed by atoms with van der Waals surface area (Å²) in [6.45, 7) is 4.56. The summed E-state index contributed by atoms with van der Waals surface area (Å²) in [5.41, 5.74) is 0. The van der Waals surface area contributed by atoms with Crippen molar-refractivity contribution in [3.05, 3.63) is 0 Å². The van der Waals surface area contributed by atoms with Crippen molar-refractivity contribution in [3.63, 3.8) is 0 Å². The van der Waals surface area contributed by atoms with E-state index in [9.17, 15) is 0 Å². The Balaban J connectivity index is -0.000000605. The summed E-state index contributed by atoms with van der Waals surface area (Å²) in [4.78, 5) is 0. The molecule has 0 amide bonds. The SMILES string of the molecule is CCCCCCCCCCCC.[Au+].[SH-]. The van der Waals surface area contributed by atoms with Gasteiger partial charge in [-0.15, -0.1) is 0 Å². The molecule has 0 fully saturated rings. The Morgan fingerprint density at radius 1 is 0.500 bits per heavy atom. The van der Waals surface area contributed by atoms with E-state index >= 15 is 0 Å². The smallest absolute Gasteiger partial charge is 0.813 e. The average molecular weight is 400 g/mol. The van der Waals surface area contributed by atoms with Crippen LogP contribution in [0.4, 0.5) is 0 Å². The van der Waals surface area contributed by atoms with E-state index in [0.29, 0.717) is 0 Å². The molecular formula is C12H27AuS. The van der Waals surface area contributed by atoms with Gasteiger partial charge in [0.1, 0.15) is 0 Å². The second-order valence-corrected chi connectivity index (χ2v) is 3.83. The molecule has 0 aliphatic carbocycles. The van der Waals surface area contributed by atoms with Gasteiger partial charge in [0.05, 0.1) is 0 Å². The largest absolute Gasteiger partial charge is 1.00 e. The van der Waals surface area contributed by atoms with Crippen LogP contribution in [0.15, 0.2) is 0 Å². The predicted molar refractivity (Wildman–Crippen MR) is 66.3 cm³/mol. The molecule has 0 atom stereocenters. The molecule has 0 rings (SSSR count). The second-order valence-electron chi connectivity index (χ2n) is 3.83. The van der Waals surface area contributed by atoms with E-state index in [1.54, 1.807) is 0 Å². The van der Waals surface area contributed by atoms with Crippen LogP contribution in [0, 0.1) is 0 Å². The van der Waals surface area contributed by atoms with Gasteiger partial charge >= 0.3 is 22.4 Å². The van der Waals surface area contributed by atoms with Crippen molar-refractivity contribution in [3.8, 4) is 0 Å². The van der Waals surface area contributed by atoms with Gasteiger partial charge in [-0.3, -0.25) is 0 Å². The van der Waals surface area contributed by atoms with Gasteiger partial charge in [0.25, 0.3) is 0 Å². The summed E-state index contributed by atoms with van der Waals surface area (Å²) in [5.74, 6) is 0. The Bertz CT molecular complexity index is 66.7. The summed E-state index contributed by atoms with van der Waals surface area (Å²) in [6.07, 6.45) is 14.4. The molecule has 92 valence electrons. The molecule has 0 N–H and O–H groups in total. The van der Waals surface area contributed by atoms with Gasteiger partial charge in [-0.1, -0.05) is 78.1 Å². The molecule has 0 aromatic rings. The van der Waals surface area contributed by atoms with Crippen molar-refractivity contribution < 1.29 is 22.4 Å². The Morgan fingerprint density at radius 3 is 0.929 bits per heavy atom. The number of thiol groups is 1. The van der Waals surface area contributed by atoms with Crippen molar-refractivity contribution in [2.45, 2.75) is 78.1 Å². The summed E-state index contributed by atoms with van der Waals surface area (Å²) in [7, 11) is 0. The Kier molecular flexibility index (Phi) is 28.7. The van der Waals surface area contributed by atoms with E-state index in [1.165, 1.54) is 64.2 Å². The predicted octanol–water partition coefficient (Wildman–Crippen LogP) is 4.65. The molecule has 0 heterocycles. The molecule has 0 saturated carbocycles. The summed E-state index contributed by atoms with van der Waals surface area (Å²) < 4.78 is 0. The van der Waals surface area contributed by atoms with Gasteiger partial charge in [-0.05, 0) is 0 Å². The molecule has 14 heavy (non-hydrogen) atoms. The molecule has 0 aromatic heterocycles. The molecule has 0 saturated heterocycles. The van der Waals surface area contributed by atoms with Gasteiger partial charge < -0.3 is 13.5 Å². The maximum atomic E-state index is 2.28. The zero-order valence-corrected chi connectivity index (χ0v) is 12.9. The van der Waals surface area contributed by atoms with Gasteiger partial charge in [-0.25, -0.2) is 0 Å². The first kappa shape index (κ1) is 20.5. The van der Waals surface area contributed by atoms with E-state index in [1.807, 2.05) is 0 Å². The molecule has 0 aliphatic heterocycles. The van der Waals surface area contributed by atoms with Crippen molar-refractivity contribution in [2.75, 3.05) is 0 Å². The van der Waals surface area contributed by atoms with Crippen LogP contribution in [0.25, 0.3) is 0 Å². The molecule has 0 unspecified atom stereocenters. The minimum Gasteiger partial charge on any atom is -0.813 e. The summed E-state index contributed by atoms with van der Waals surface area (Å²) >= 11 is 0. The standard InChI is InChI=1S/C12H26.Au.H2S/c1-3-5-7-9-11-12-10-8-6-4-2;;/h3-12H2,1-2H3;;1H2/q;+1;/p-1. The first-order chi connectivity index (χ1) is 5.91. The first-order valence-electron chi connectivity index (χ1n) is 5.91. The van der Waals surface area contributed by atoms with E-state index in [-0.39, 0.29) is 35.9 Å². The fourth-order valence-corrected chi connectivity index (χ4v) is 1.56. The van der Waals surface area contributed by atoms with E-state index in [4.69, 9.17) is 0 Å². The molecule has 0 bridgehead atoms. The van der Waals surface area contributed by atoms with Gasteiger partial charge in [-0.2, -0.15) is 0 Å². The third-order valence-electron chi connectivity index (χ3n) is 2.46. The minimum absolute atomic E-state index is 0. The second kappa shape index (κ2) is 19.6. The topological polar surface area (TPSA) is 0 Å². The normalized spacial score (nSPS) is 9.00. The summed E-state index contributed by atoms with van der Waals surface area (Å²) in [6, 6.07) is 0. The van der Waals surface area contributed by atoms with Crippen LogP contribution in [-0.4, -0.2) is 0 Å². The minimum atomic E-state index is 0. The fourth-order valence-electron chi connectivity index (χ4n) is 1.56. The maximum Gasteiger partial charge on any atom is 1.00 e. The molecule has 0 nitrogen and oxygen atoms in total. The first-order valence-corrected chi connectivity index (χ1v) is 5.91. The van der Waals surface area contributed by atoms with Crippen molar-refractivity contribution >= 4 is 13.5 Å². The molecule has 2 heteroatoms. The number of hydrogen-bond donors (Lipinski definition) is 0. The van der Waals surface area contributed by atoms with Crippen molar-refractivity contribution in [1.82, 2.24) is 0 Å². The molecule has 0 radical (unpaired) electrons. The molecular weight excluding hydrogens is 373 g/mol. The zero-order chi connectivity index (χ0) is 9.07. The van der Waals surface area contributed by atoms with Crippen molar-refractivity contribution in [1.29, 1.82) is 0 Å². The third kappa shape index (κ3) is 18.8. The van der Waals surface area contributed by atoms with Crippen LogP contribution < -0.4 is 0 Å². The average Bonchev–Trinajstić information content (AvgIpc) is 2.10. The van der Waals surface area contributed by atoms with Gasteiger partial charge in [0.15, 0.2) is 0 Å². The van der Waals surface area contributed by atoms with Gasteiger partial charge in [0.2, 0.25) is 0 Å². The van der Waals surface area contributed by atoms with Crippen molar-refractivity contribution in [2.24, 2.45) is 0 Å². The molecule has 0 aromatic carbocycles. The fraction of sp³-hybridized carbons (Fsp3) is 1.00. The summed E-state index contributed by atoms with van der Waals surface area (Å²) in [5, 5.41) is 0. The Morgan fingerprint density at radius 2 is 0.714 bits per heavy atom. The Labute approximate surface area is 114 Å². The molecule has 0 aliphatic rings. The Hall–Kier alpha value is 1.09.